The number of primary amides is 1. The number of pyridine rings is 1. The zero-order valence-electron chi connectivity index (χ0n) is 17.7. The van der Waals surface area contributed by atoms with Crippen molar-refractivity contribution in [1.82, 2.24) is 20.1 Å². The van der Waals surface area contributed by atoms with Gasteiger partial charge in [0.15, 0.2) is 0 Å². The van der Waals surface area contributed by atoms with Crippen molar-refractivity contribution in [2.75, 3.05) is 32.1 Å². The Labute approximate surface area is 181 Å². The van der Waals surface area contributed by atoms with Crippen molar-refractivity contribution in [2.24, 2.45) is 5.73 Å². The van der Waals surface area contributed by atoms with E-state index in [4.69, 9.17) is 5.73 Å². The Morgan fingerprint density at radius 3 is 2.61 bits per heavy atom. The number of anilines is 1. The summed E-state index contributed by atoms with van der Waals surface area (Å²) >= 11 is 0. The summed E-state index contributed by atoms with van der Waals surface area (Å²) in [7, 11) is 3.99. The molecular formula is C23H26N6O2. The Balaban J connectivity index is 1.53. The fourth-order valence-electron chi connectivity index (χ4n) is 4.05. The molecule has 0 aliphatic carbocycles. The van der Waals surface area contributed by atoms with E-state index in [1.165, 1.54) is 6.20 Å². The number of piperidine rings is 1. The molecule has 1 fully saturated rings. The molecule has 1 aliphatic rings. The van der Waals surface area contributed by atoms with Crippen LogP contribution in [0.3, 0.4) is 0 Å². The molecule has 3 heterocycles. The molecule has 1 unspecified atom stereocenters. The van der Waals surface area contributed by atoms with Crippen LogP contribution >= 0.6 is 0 Å². The van der Waals surface area contributed by atoms with Gasteiger partial charge in [-0.15, -0.1) is 0 Å². The lowest BCUT2D eigenvalue weighted by molar-refractivity contribution is 0.0705. The fourth-order valence-corrected chi connectivity index (χ4v) is 4.05. The van der Waals surface area contributed by atoms with E-state index < -0.39 is 5.91 Å². The number of amides is 2. The van der Waals surface area contributed by atoms with Crippen LogP contribution in [0.25, 0.3) is 11.1 Å². The van der Waals surface area contributed by atoms with Crippen molar-refractivity contribution in [3.8, 4) is 11.1 Å². The zero-order chi connectivity index (χ0) is 22.0. The van der Waals surface area contributed by atoms with E-state index in [0.717, 1.165) is 29.7 Å². The maximum atomic E-state index is 13.2. The van der Waals surface area contributed by atoms with Crippen molar-refractivity contribution >= 4 is 17.5 Å². The number of likely N-dealkylation sites (tertiary alicyclic amines) is 1. The van der Waals surface area contributed by atoms with Crippen molar-refractivity contribution in [3.63, 3.8) is 0 Å². The average molecular weight is 419 g/mol. The second-order valence-corrected chi connectivity index (χ2v) is 8.06. The number of hydrogen-bond acceptors (Lipinski definition) is 5. The Hall–Kier alpha value is -3.68. The third-order valence-electron chi connectivity index (χ3n) is 5.75. The van der Waals surface area contributed by atoms with Gasteiger partial charge in [-0.1, -0.05) is 12.1 Å². The largest absolute Gasteiger partial charge is 0.378 e. The smallest absolute Gasteiger partial charge is 0.255 e. The lowest BCUT2D eigenvalue weighted by Crippen LogP contribution is -2.39. The number of H-pyrrole nitrogens is 1. The third kappa shape index (κ3) is 4.28. The third-order valence-corrected chi connectivity index (χ3v) is 5.75. The molecule has 0 radical (unpaired) electrons. The van der Waals surface area contributed by atoms with Gasteiger partial charge in [0.1, 0.15) is 0 Å². The average Bonchev–Trinajstić information content (AvgIpc) is 3.29. The first-order valence-corrected chi connectivity index (χ1v) is 10.3. The van der Waals surface area contributed by atoms with E-state index in [1.54, 1.807) is 12.4 Å². The molecule has 3 N–H and O–H groups in total. The molecule has 160 valence electrons. The van der Waals surface area contributed by atoms with Gasteiger partial charge < -0.3 is 15.5 Å². The van der Waals surface area contributed by atoms with Crippen molar-refractivity contribution in [3.05, 3.63) is 65.7 Å². The molecule has 4 rings (SSSR count). The maximum Gasteiger partial charge on any atom is 0.255 e. The lowest BCUT2D eigenvalue weighted by Gasteiger charge is -2.32. The molecule has 1 atom stereocenters. The number of rotatable bonds is 5. The normalized spacial score (nSPS) is 16.2. The summed E-state index contributed by atoms with van der Waals surface area (Å²) in [6.45, 7) is 1.17. The fraction of sp³-hybridized carbons (Fsp3) is 0.304. The molecule has 8 heteroatoms. The van der Waals surface area contributed by atoms with Gasteiger partial charge >= 0.3 is 0 Å². The van der Waals surface area contributed by atoms with E-state index >= 15 is 0 Å². The highest BCUT2D eigenvalue weighted by molar-refractivity contribution is 5.95. The molecular weight excluding hydrogens is 392 g/mol. The monoisotopic (exact) mass is 418 g/mol. The first-order chi connectivity index (χ1) is 14.9. The maximum absolute atomic E-state index is 13.2. The van der Waals surface area contributed by atoms with Gasteiger partial charge in [-0.3, -0.25) is 19.7 Å². The molecule has 0 spiro atoms. The Morgan fingerprint density at radius 2 is 1.90 bits per heavy atom. The van der Waals surface area contributed by atoms with E-state index in [1.807, 2.05) is 54.2 Å². The predicted octanol–water partition coefficient (Wildman–Crippen LogP) is 2.66. The van der Waals surface area contributed by atoms with Gasteiger partial charge in [-0.2, -0.15) is 5.10 Å². The van der Waals surface area contributed by atoms with E-state index in [-0.39, 0.29) is 11.8 Å². The summed E-state index contributed by atoms with van der Waals surface area (Å²) in [4.78, 5) is 33.0. The van der Waals surface area contributed by atoms with Crippen LogP contribution in [0.5, 0.6) is 0 Å². The highest BCUT2D eigenvalue weighted by atomic mass is 16.2. The molecule has 0 saturated carbocycles. The van der Waals surface area contributed by atoms with E-state index in [0.29, 0.717) is 29.9 Å². The summed E-state index contributed by atoms with van der Waals surface area (Å²) in [6, 6.07) is 10.0. The number of nitrogens with one attached hydrogen (secondary N) is 1. The SMILES string of the molecule is CN(C)c1ccc(-c2cncc(C(=O)N3CCCC(c4[nH]ncc4C(N)=O)C3)c2)cc1. The number of carbonyl (C=O) groups excluding carboxylic acids is 2. The van der Waals surface area contributed by atoms with Gasteiger partial charge in [-0.05, 0) is 36.6 Å². The zero-order valence-corrected chi connectivity index (χ0v) is 17.7. The van der Waals surface area contributed by atoms with E-state index in [9.17, 15) is 9.59 Å². The summed E-state index contributed by atoms with van der Waals surface area (Å²) in [6.07, 6.45) is 6.53. The second-order valence-electron chi connectivity index (χ2n) is 8.06. The Morgan fingerprint density at radius 1 is 1.13 bits per heavy atom. The van der Waals surface area contributed by atoms with Crippen LogP contribution in [0, 0.1) is 0 Å². The first-order valence-electron chi connectivity index (χ1n) is 10.3. The van der Waals surface area contributed by atoms with Crippen molar-refractivity contribution in [2.45, 2.75) is 18.8 Å². The summed E-state index contributed by atoms with van der Waals surface area (Å²) in [5.74, 6) is -0.578. The van der Waals surface area contributed by atoms with Gasteiger partial charge in [0.25, 0.3) is 11.8 Å². The number of nitrogens with zero attached hydrogens (tertiary/aromatic N) is 4. The standard InChI is InChI=1S/C23H26N6O2/c1-28(2)19-7-5-15(6-8-19)17-10-18(12-25-11-17)23(31)29-9-3-4-16(14-29)21-20(22(24)30)13-26-27-21/h5-8,10-13,16H,3-4,9,14H2,1-2H3,(H2,24,30)(H,26,27). The number of nitrogens with two attached hydrogens (primary N) is 1. The van der Waals surface area contributed by atoms with Crippen LogP contribution in [0.1, 0.15) is 45.2 Å². The topological polar surface area (TPSA) is 108 Å². The summed E-state index contributed by atoms with van der Waals surface area (Å²) in [5, 5.41) is 6.86. The molecule has 8 nitrogen and oxygen atoms in total. The molecule has 2 amide bonds. The van der Waals surface area contributed by atoms with Crippen LogP contribution < -0.4 is 10.6 Å². The minimum Gasteiger partial charge on any atom is -0.378 e. The second kappa shape index (κ2) is 8.59. The number of benzene rings is 1. The molecule has 3 aromatic rings. The molecule has 0 bridgehead atoms. The molecule has 2 aromatic heterocycles. The lowest BCUT2D eigenvalue weighted by atomic mass is 9.92. The number of carbonyl (C=O) groups is 2. The van der Waals surface area contributed by atoms with Crippen LogP contribution in [0.15, 0.2) is 48.9 Å². The summed E-state index contributed by atoms with van der Waals surface area (Å²) in [5.41, 5.74) is 10.1. The highest BCUT2D eigenvalue weighted by Crippen LogP contribution is 2.29. The molecule has 1 saturated heterocycles. The quantitative estimate of drug-likeness (QED) is 0.662. The van der Waals surface area contributed by atoms with Gasteiger partial charge in [0.2, 0.25) is 0 Å². The van der Waals surface area contributed by atoms with Crippen molar-refractivity contribution in [1.29, 1.82) is 0 Å². The van der Waals surface area contributed by atoms with Crippen molar-refractivity contribution < 1.29 is 9.59 Å². The van der Waals surface area contributed by atoms with E-state index in [2.05, 4.69) is 15.2 Å². The minimum absolute atomic E-state index is 0.00239. The van der Waals surface area contributed by atoms with Crippen LogP contribution in [-0.4, -0.2) is 59.1 Å². The molecule has 31 heavy (non-hydrogen) atoms. The van der Waals surface area contributed by atoms with Crippen LogP contribution in [0.4, 0.5) is 5.69 Å². The van der Waals surface area contributed by atoms with Gasteiger partial charge in [-0.25, -0.2) is 0 Å². The number of aromatic nitrogens is 3. The Kier molecular flexibility index (Phi) is 5.70. The first kappa shape index (κ1) is 20.6. The van der Waals surface area contributed by atoms with Gasteiger partial charge in [0, 0.05) is 56.7 Å². The minimum atomic E-state index is -0.510. The number of hydrogen-bond donors (Lipinski definition) is 2. The summed E-state index contributed by atoms with van der Waals surface area (Å²) < 4.78 is 0. The highest BCUT2D eigenvalue weighted by Gasteiger charge is 2.29. The Bertz CT molecular complexity index is 1090. The number of aromatic amines is 1. The van der Waals surface area contributed by atoms with Crippen LogP contribution in [-0.2, 0) is 0 Å². The van der Waals surface area contributed by atoms with Gasteiger partial charge in [0.05, 0.1) is 23.0 Å². The molecule has 1 aromatic carbocycles. The van der Waals surface area contributed by atoms with Crippen LogP contribution in [0.2, 0.25) is 0 Å². The molecule has 1 aliphatic heterocycles. The predicted molar refractivity (Wildman–Crippen MR) is 119 cm³/mol.